The SMILES string of the molecule is COc1ccc(CN2CCCC(C)C2CN)cc1Cl.Cl. The van der Waals surface area contributed by atoms with Crippen LogP contribution in [0.2, 0.25) is 5.02 Å². The molecule has 0 amide bonds. The second kappa shape index (κ2) is 8.08. The Morgan fingerprint density at radius 1 is 1.45 bits per heavy atom. The summed E-state index contributed by atoms with van der Waals surface area (Å²) < 4.78 is 5.18. The van der Waals surface area contributed by atoms with Crippen LogP contribution in [0, 0.1) is 5.92 Å². The number of rotatable bonds is 4. The standard InChI is InChI=1S/C15H23ClN2O.ClH/c1-11-4-3-7-18(14(11)9-17)10-12-5-6-15(19-2)13(16)8-12;/h5-6,8,11,14H,3-4,7,9-10,17H2,1-2H3;1H. The van der Waals surface area contributed by atoms with E-state index < -0.39 is 0 Å². The van der Waals surface area contributed by atoms with Crippen molar-refractivity contribution in [2.24, 2.45) is 11.7 Å². The zero-order valence-electron chi connectivity index (χ0n) is 12.1. The lowest BCUT2D eigenvalue weighted by atomic mass is 9.90. The number of ether oxygens (including phenoxy) is 1. The third kappa shape index (κ3) is 4.01. The van der Waals surface area contributed by atoms with Crippen LogP contribution in [0.25, 0.3) is 0 Å². The average Bonchev–Trinajstić information content (AvgIpc) is 2.39. The van der Waals surface area contributed by atoms with Crippen LogP contribution in [0.3, 0.4) is 0 Å². The van der Waals surface area contributed by atoms with E-state index in [-0.39, 0.29) is 12.4 Å². The fourth-order valence-electron chi connectivity index (χ4n) is 2.95. The summed E-state index contributed by atoms with van der Waals surface area (Å²) in [6.45, 7) is 5.06. The number of nitrogens with zero attached hydrogens (tertiary/aromatic N) is 1. The van der Waals surface area contributed by atoms with E-state index in [0.29, 0.717) is 17.0 Å². The Hall–Kier alpha value is -0.480. The van der Waals surface area contributed by atoms with Crippen LogP contribution in [0.4, 0.5) is 0 Å². The van der Waals surface area contributed by atoms with Gasteiger partial charge >= 0.3 is 0 Å². The number of piperidine rings is 1. The van der Waals surface area contributed by atoms with Crippen LogP contribution in [-0.2, 0) is 6.54 Å². The van der Waals surface area contributed by atoms with Crippen molar-refractivity contribution in [3.05, 3.63) is 28.8 Å². The van der Waals surface area contributed by atoms with Gasteiger partial charge in [0, 0.05) is 19.1 Å². The van der Waals surface area contributed by atoms with Gasteiger partial charge in [-0.3, -0.25) is 4.90 Å². The van der Waals surface area contributed by atoms with Gasteiger partial charge in [-0.25, -0.2) is 0 Å². The first-order chi connectivity index (χ1) is 9.15. The molecule has 20 heavy (non-hydrogen) atoms. The van der Waals surface area contributed by atoms with Crippen molar-refractivity contribution in [2.75, 3.05) is 20.2 Å². The van der Waals surface area contributed by atoms with Crippen molar-refractivity contribution >= 4 is 24.0 Å². The van der Waals surface area contributed by atoms with Crippen LogP contribution < -0.4 is 10.5 Å². The first-order valence-electron chi connectivity index (χ1n) is 6.92. The summed E-state index contributed by atoms with van der Waals surface area (Å²) >= 11 is 6.18. The number of hydrogen-bond acceptors (Lipinski definition) is 3. The van der Waals surface area contributed by atoms with Gasteiger partial charge in [-0.1, -0.05) is 24.6 Å². The van der Waals surface area contributed by atoms with Gasteiger partial charge in [-0.05, 0) is 43.0 Å². The van der Waals surface area contributed by atoms with Gasteiger partial charge in [0.1, 0.15) is 5.75 Å². The maximum Gasteiger partial charge on any atom is 0.137 e. The summed E-state index contributed by atoms with van der Waals surface area (Å²) in [5.41, 5.74) is 7.15. The number of nitrogens with two attached hydrogens (primary N) is 1. The van der Waals surface area contributed by atoms with E-state index in [1.165, 1.54) is 18.4 Å². The van der Waals surface area contributed by atoms with E-state index in [1.807, 2.05) is 12.1 Å². The Morgan fingerprint density at radius 3 is 2.80 bits per heavy atom. The summed E-state index contributed by atoms with van der Waals surface area (Å²) in [6, 6.07) is 6.49. The van der Waals surface area contributed by atoms with Crippen molar-refractivity contribution in [1.29, 1.82) is 0 Å². The minimum Gasteiger partial charge on any atom is -0.495 e. The van der Waals surface area contributed by atoms with Crippen molar-refractivity contribution in [2.45, 2.75) is 32.4 Å². The molecule has 2 rings (SSSR count). The maximum atomic E-state index is 6.18. The average molecular weight is 319 g/mol. The predicted molar refractivity (Wildman–Crippen MR) is 86.9 cm³/mol. The molecular formula is C15H24Cl2N2O. The van der Waals surface area contributed by atoms with E-state index in [1.54, 1.807) is 7.11 Å². The van der Waals surface area contributed by atoms with Gasteiger partial charge in [0.2, 0.25) is 0 Å². The van der Waals surface area contributed by atoms with Gasteiger partial charge in [0.15, 0.2) is 0 Å². The Kier molecular flexibility index (Phi) is 7.10. The molecule has 2 unspecified atom stereocenters. The molecule has 0 radical (unpaired) electrons. The summed E-state index contributed by atoms with van der Waals surface area (Å²) in [5, 5.41) is 0.675. The molecule has 0 aliphatic carbocycles. The monoisotopic (exact) mass is 318 g/mol. The molecular weight excluding hydrogens is 295 g/mol. The maximum absolute atomic E-state index is 6.18. The molecule has 114 valence electrons. The highest BCUT2D eigenvalue weighted by atomic mass is 35.5. The zero-order valence-corrected chi connectivity index (χ0v) is 13.7. The van der Waals surface area contributed by atoms with Crippen molar-refractivity contribution in [1.82, 2.24) is 4.90 Å². The second-order valence-electron chi connectivity index (χ2n) is 5.36. The summed E-state index contributed by atoms with van der Waals surface area (Å²) in [7, 11) is 1.64. The molecule has 1 heterocycles. The summed E-state index contributed by atoms with van der Waals surface area (Å²) in [6.07, 6.45) is 2.53. The Morgan fingerprint density at radius 2 is 2.20 bits per heavy atom. The summed E-state index contributed by atoms with van der Waals surface area (Å²) in [4.78, 5) is 2.48. The molecule has 0 aromatic heterocycles. The number of hydrogen-bond donors (Lipinski definition) is 1. The highest BCUT2D eigenvalue weighted by Crippen LogP contribution is 2.28. The predicted octanol–water partition coefficient (Wildman–Crippen LogP) is 3.33. The summed E-state index contributed by atoms with van der Waals surface area (Å²) in [5.74, 6) is 1.40. The van der Waals surface area contributed by atoms with E-state index in [0.717, 1.165) is 25.4 Å². The molecule has 2 N–H and O–H groups in total. The molecule has 1 saturated heterocycles. The molecule has 1 aliphatic rings. The number of likely N-dealkylation sites (tertiary alicyclic amines) is 1. The van der Waals surface area contributed by atoms with Crippen LogP contribution in [0.15, 0.2) is 18.2 Å². The van der Waals surface area contributed by atoms with Gasteiger partial charge < -0.3 is 10.5 Å². The van der Waals surface area contributed by atoms with Crippen LogP contribution in [-0.4, -0.2) is 31.1 Å². The minimum atomic E-state index is 0. The zero-order chi connectivity index (χ0) is 13.8. The number of methoxy groups -OCH3 is 1. The lowest BCUT2D eigenvalue weighted by Crippen LogP contribution is -2.47. The van der Waals surface area contributed by atoms with Gasteiger partial charge in [-0.15, -0.1) is 12.4 Å². The van der Waals surface area contributed by atoms with Crippen molar-refractivity contribution in [3.8, 4) is 5.75 Å². The van der Waals surface area contributed by atoms with Crippen molar-refractivity contribution in [3.63, 3.8) is 0 Å². The van der Waals surface area contributed by atoms with Crippen LogP contribution >= 0.6 is 24.0 Å². The molecule has 1 fully saturated rings. The molecule has 5 heteroatoms. The third-order valence-electron chi connectivity index (χ3n) is 4.07. The highest BCUT2D eigenvalue weighted by molar-refractivity contribution is 6.32. The lowest BCUT2D eigenvalue weighted by Gasteiger charge is -2.39. The quantitative estimate of drug-likeness (QED) is 0.925. The van der Waals surface area contributed by atoms with E-state index >= 15 is 0 Å². The number of benzene rings is 1. The topological polar surface area (TPSA) is 38.5 Å². The van der Waals surface area contributed by atoms with Gasteiger partial charge in [0.25, 0.3) is 0 Å². The van der Waals surface area contributed by atoms with E-state index in [4.69, 9.17) is 22.1 Å². The first kappa shape index (κ1) is 17.6. The smallest absolute Gasteiger partial charge is 0.137 e. The molecule has 0 bridgehead atoms. The Balaban J connectivity index is 0.00000200. The molecule has 1 aromatic rings. The Bertz CT molecular complexity index is 428. The van der Waals surface area contributed by atoms with Crippen molar-refractivity contribution < 1.29 is 4.74 Å². The van der Waals surface area contributed by atoms with E-state index in [9.17, 15) is 0 Å². The van der Waals surface area contributed by atoms with Crippen LogP contribution in [0.1, 0.15) is 25.3 Å². The molecule has 0 spiro atoms. The minimum absolute atomic E-state index is 0. The molecule has 1 aromatic carbocycles. The molecule has 1 aliphatic heterocycles. The third-order valence-corrected chi connectivity index (χ3v) is 4.37. The fourth-order valence-corrected chi connectivity index (χ4v) is 3.24. The second-order valence-corrected chi connectivity index (χ2v) is 5.77. The first-order valence-corrected chi connectivity index (χ1v) is 7.30. The highest BCUT2D eigenvalue weighted by Gasteiger charge is 2.27. The van der Waals surface area contributed by atoms with E-state index in [2.05, 4.69) is 17.9 Å². The van der Waals surface area contributed by atoms with Crippen LogP contribution in [0.5, 0.6) is 5.75 Å². The Labute approximate surface area is 132 Å². The molecule has 2 atom stereocenters. The van der Waals surface area contributed by atoms with Gasteiger partial charge in [0.05, 0.1) is 12.1 Å². The number of halogens is 2. The fraction of sp³-hybridized carbons (Fsp3) is 0.600. The normalized spacial score (nSPS) is 23.2. The van der Waals surface area contributed by atoms with Gasteiger partial charge in [-0.2, -0.15) is 0 Å². The molecule has 3 nitrogen and oxygen atoms in total. The molecule has 0 saturated carbocycles. The largest absolute Gasteiger partial charge is 0.495 e. The lowest BCUT2D eigenvalue weighted by molar-refractivity contribution is 0.0991.